The van der Waals surface area contributed by atoms with E-state index in [-0.39, 0.29) is 5.91 Å². The molecule has 1 aromatic carbocycles. The van der Waals surface area contributed by atoms with E-state index >= 15 is 0 Å². The number of hydrogen-bond acceptors (Lipinski definition) is 2. The Morgan fingerprint density at radius 1 is 1.40 bits per heavy atom. The Bertz CT molecular complexity index is 337. The first-order chi connectivity index (χ1) is 7.25. The van der Waals surface area contributed by atoms with Crippen molar-refractivity contribution in [2.45, 2.75) is 19.5 Å². The highest BCUT2D eigenvalue weighted by atomic mass is 16.2. The van der Waals surface area contributed by atoms with Crippen LogP contribution in [0.3, 0.4) is 0 Å². The van der Waals surface area contributed by atoms with Gasteiger partial charge in [-0.1, -0.05) is 30.3 Å². The highest BCUT2D eigenvalue weighted by molar-refractivity contribution is 5.79. The van der Waals surface area contributed by atoms with Crippen molar-refractivity contribution in [1.82, 2.24) is 10.2 Å². The second-order valence-corrected chi connectivity index (χ2v) is 4.04. The number of piperazine rings is 1. The van der Waals surface area contributed by atoms with E-state index in [9.17, 15) is 4.79 Å². The lowest BCUT2D eigenvalue weighted by atomic mass is 10.1. The number of carbonyl (C=O) groups excluding carboxylic acids is 1. The Morgan fingerprint density at radius 2 is 2.13 bits per heavy atom. The quantitative estimate of drug-likeness (QED) is 0.779. The van der Waals surface area contributed by atoms with Gasteiger partial charge in [0.25, 0.3) is 0 Å². The molecule has 1 amide bonds. The lowest BCUT2D eigenvalue weighted by molar-refractivity contribution is -0.133. The molecule has 0 aromatic heterocycles. The van der Waals surface area contributed by atoms with E-state index in [0.29, 0.717) is 12.6 Å². The Labute approximate surface area is 90.1 Å². The third kappa shape index (κ3) is 2.57. The molecule has 1 N–H and O–H groups in total. The second-order valence-electron chi connectivity index (χ2n) is 4.04. The molecule has 0 saturated carbocycles. The van der Waals surface area contributed by atoms with Crippen LogP contribution in [0.4, 0.5) is 0 Å². The number of nitrogens with zero attached hydrogens (tertiary/aromatic N) is 1. The summed E-state index contributed by atoms with van der Waals surface area (Å²) in [6, 6.07) is 10.5. The highest BCUT2D eigenvalue weighted by Gasteiger charge is 2.21. The normalized spacial score (nSPS) is 21.8. The van der Waals surface area contributed by atoms with E-state index in [1.54, 1.807) is 0 Å². The minimum atomic E-state index is 0.192. The molecule has 1 unspecified atom stereocenters. The molecule has 3 nitrogen and oxygen atoms in total. The summed E-state index contributed by atoms with van der Waals surface area (Å²) in [5, 5.41) is 3.16. The molecule has 0 spiro atoms. The Hall–Kier alpha value is -1.35. The molecule has 0 radical (unpaired) electrons. The molecule has 1 aromatic rings. The van der Waals surface area contributed by atoms with Crippen molar-refractivity contribution in [2.24, 2.45) is 0 Å². The minimum absolute atomic E-state index is 0.192. The monoisotopic (exact) mass is 204 g/mol. The van der Waals surface area contributed by atoms with Gasteiger partial charge in [0.2, 0.25) is 5.91 Å². The van der Waals surface area contributed by atoms with Gasteiger partial charge in [-0.3, -0.25) is 4.79 Å². The number of hydrogen-bond donors (Lipinski definition) is 1. The van der Waals surface area contributed by atoms with Gasteiger partial charge in [-0.25, -0.2) is 0 Å². The number of benzene rings is 1. The number of nitrogens with one attached hydrogen (secondary N) is 1. The topological polar surface area (TPSA) is 32.3 Å². The van der Waals surface area contributed by atoms with Gasteiger partial charge in [0.05, 0.1) is 6.54 Å². The third-order valence-electron chi connectivity index (χ3n) is 2.66. The van der Waals surface area contributed by atoms with Crippen LogP contribution in [-0.4, -0.2) is 29.9 Å². The Kier molecular flexibility index (Phi) is 3.02. The fourth-order valence-corrected chi connectivity index (χ4v) is 1.83. The van der Waals surface area contributed by atoms with Crippen molar-refractivity contribution in [3.05, 3.63) is 35.9 Å². The maximum absolute atomic E-state index is 11.6. The van der Waals surface area contributed by atoms with Crippen LogP contribution in [0, 0.1) is 0 Å². The van der Waals surface area contributed by atoms with Crippen molar-refractivity contribution < 1.29 is 4.79 Å². The number of rotatable bonds is 2. The van der Waals surface area contributed by atoms with E-state index in [1.807, 2.05) is 23.1 Å². The van der Waals surface area contributed by atoms with Gasteiger partial charge in [-0.2, -0.15) is 0 Å². The van der Waals surface area contributed by atoms with Crippen molar-refractivity contribution in [2.75, 3.05) is 13.1 Å². The molecule has 1 aliphatic heterocycles. The van der Waals surface area contributed by atoms with Crippen LogP contribution in [0.25, 0.3) is 0 Å². The van der Waals surface area contributed by atoms with Crippen LogP contribution < -0.4 is 5.32 Å². The van der Waals surface area contributed by atoms with Gasteiger partial charge in [0.1, 0.15) is 0 Å². The maximum atomic E-state index is 11.6. The zero-order chi connectivity index (χ0) is 10.7. The largest absolute Gasteiger partial charge is 0.336 e. The van der Waals surface area contributed by atoms with E-state index in [0.717, 1.165) is 13.1 Å². The fourth-order valence-electron chi connectivity index (χ4n) is 1.83. The molecule has 1 heterocycles. The molecular formula is C12H16N2O. The number of amides is 1. The first kappa shape index (κ1) is 10.2. The third-order valence-corrected chi connectivity index (χ3v) is 2.66. The van der Waals surface area contributed by atoms with Crippen LogP contribution in [0.5, 0.6) is 0 Å². The Morgan fingerprint density at radius 3 is 2.87 bits per heavy atom. The van der Waals surface area contributed by atoms with Gasteiger partial charge in [-0.15, -0.1) is 0 Å². The fraction of sp³-hybridized carbons (Fsp3) is 0.417. The predicted molar refractivity (Wildman–Crippen MR) is 59.3 cm³/mol. The molecule has 80 valence electrons. The zero-order valence-corrected chi connectivity index (χ0v) is 8.94. The average molecular weight is 204 g/mol. The molecule has 1 saturated heterocycles. The summed E-state index contributed by atoms with van der Waals surface area (Å²) in [5.41, 5.74) is 1.19. The molecule has 1 aliphatic rings. The van der Waals surface area contributed by atoms with Crippen LogP contribution >= 0.6 is 0 Å². The van der Waals surface area contributed by atoms with Crippen molar-refractivity contribution in [3.8, 4) is 0 Å². The van der Waals surface area contributed by atoms with E-state index < -0.39 is 0 Å². The maximum Gasteiger partial charge on any atom is 0.236 e. The summed E-state index contributed by atoms with van der Waals surface area (Å²) >= 11 is 0. The van der Waals surface area contributed by atoms with Gasteiger partial charge in [-0.05, 0) is 12.5 Å². The zero-order valence-electron chi connectivity index (χ0n) is 8.94. The molecule has 3 heteroatoms. The second kappa shape index (κ2) is 4.45. The van der Waals surface area contributed by atoms with Gasteiger partial charge in [0, 0.05) is 19.1 Å². The van der Waals surface area contributed by atoms with Gasteiger partial charge in [0.15, 0.2) is 0 Å². The molecule has 0 aliphatic carbocycles. The smallest absolute Gasteiger partial charge is 0.236 e. The molecule has 0 bridgehead atoms. The predicted octanol–water partition coefficient (Wildman–Crippen LogP) is 1.01. The molecular weight excluding hydrogens is 188 g/mol. The summed E-state index contributed by atoms with van der Waals surface area (Å²) in [6.45, 7) is 4.10. The first-order valence-corrected chi connectivity index (χ1v) is 5.31. The molecule has 15 heavy (non-hydrogen) atoms. The van der Waals surface area contributed by atoms with E-state index in [2.05, 4.69) is 24.4 Å². The van der Waals surface area contributed by atoms with Gasteiger partial charge >= 0.3 is 0 Å². The Balaban J connectivity index is 2.01. The standard InChI is InChI=1S/C12H16N2O/c1-10-8-14(12(15)7-13-10)9-11-5-3-2-4-6-11/h2-6,10,13H,7-9H2,1H3. The van der Waals surface area contributed by atoms with Crippen molar-refractivity contribution in [1.29, 1.82) is 0 Å². The summed E-state index contributed by atoms with van der Waals surface area (Å²) in [6.07, 6.45) is 0. The highest BCUT2D eigenvalue weighted by Crippen LogP contribution is 2.07. The van der Waals surface area contributed by atoms with E-state index in [4.69, 9.17) is 0 Å². The summed E-state index contributed by atoms with van der Waals surface area (Å²) in [5.74, 6) is 0.192. The SMILES string of the molecule is CC1CN(Cc2ccccc2)C(=O)CN1. The van der Waals surface area contributed by atoms with E-state index in [1.165, 1.54) is 5.56 Å². The van der Waals surface area contributed by atoms with Crippen molar-refractivity contribution >= 4 is 5.91 Å². The lowest BCUT2D eigenvalue weighted by Gasteiger charge is -2.31. The first-order valence-electron chi connectivity index (χ1n) is 5.31. The minimum Gasteiger partial charge on any atom is -0.336 e. The van der Waals surface area contributed by atoms with Crippen LogP contribution in [0.1, 0.15) is 12.5 Å². The van der Waals surface area contributed by atoms with Crippen LogP contribution in [0.15, 0.2) is 30.3 Å². The summed E-state index contributed by atoms with van der Waals surface area (Å²) in [7, 11) is 0. The molecule has 2 rings (SSSR count). The summed E-state index contributed by atoms with van der Waals surface area (Å²) in [4.78, 5) is 13.5. The molecule has 1 atom stereocenters. The van der Waals surface area contributed by atoms with Crippen molar-refractivity contribution in [3.63, 3.8) is 0 Å². The average Bonchev–Trinajstić information content (AvgIpc) is 2.25. The van der Waals surface area contributed by atoms with Crippen LogP contribution in [-0.2, 0) is 11.3 Å². The summed E-state index contributed by atoms with van der Waals surface area (Å²) < 4.78 is 0. The van der Waals surface area contributed by atoms with Gasteiger partial charge < -0.3 is 10.2 Å². The van der Waals surface area contributed by atoms with Crippen LogP contribution in [0.2, 0.25) is 0 Å². The lowest BCUT2D eigenvalue weighted by Crippen LogP contribution is -2.52. The molecule has 1 fully saturated rings. The number of carbonyl (C=O) groups is 1.